The van der Waals surface area contributed by atoms with Crippen LogP contribution in [0.25, 0.3) is 10.9 Å². The van der Waals surface area contributed by atoms with Gasteiger partial charge in [0, 0.05) is 42.2 Å². The largest absolute Gasteiger partial charge is 0.496 e. The Bertz CT molecular complexity index is 1160. The van der Waals surface area contributed by atoms with Gasteiger partial charge in [0.1, 0.15) is 17.1 Å². The zero-order valence-corrected chi connectivity index (χ0v) is 16.8. The summed E-state index contributed by atoms with van der Waals surface area (Å²) >= 11 is 0. The minimum absolute atomic E-state index is 0.114. The molecular weight excluding hydrogens is 409 g/mol. The molecule has 1 N–H and O–H groups in total. The minimum atomic E-state index is -4.60. The van der Waals surface area contributed by atoms with Crippen LogP contribution < -0.4 is 10.1 Å². The van der Waals surface area contributed by atoms with E-state index in [-0.39, 0.29) is 12.1 Å². The van der Waals surface area contributed by atoms with Crippen molar-refractivity contribution in [3.8, 4) is 5.75 Å². The number of methoxy groups -OCH3 is 1. The highest BCUT2D eigenvalue weighted by Crippen LogP contribution is 2.40. The van der Waals surface area contributed by atoms with Gasteiger partial charge in [-0.05, 0) is 37.0 Å². The SMILES string of the molecule is COc1cc2nn([C@H]3C[C@@H]4C[C@H]3CN4)cc2cc1CC(=O)c1cccc(C(F)(F)F)n1. The van der Waals surface area contributed by atoms with Gasteiger partial charge in [0.2, 0.25) is 0 Å². The van der Waals surface area contributed by atoms with Gasteiger partial charge >= 0.3 is 6.18 Å². The molecule has 1 aliphatic heterocycles. The summed E-state index contributed by atoms with van der Waals surface area (Å²) < 4.78 is 46.2. The van der Waals surface area contributed by atoms with E-state index in [1.165, 1.54) is 19.2 Å². The number of pyridine rings is 1. The van der Waals surface area contributed by atoms with Crippen molar-refractivity contribution in [3.05, 3.63) is 53.5 Å². The number of halogens is 3. The van der Waals surface area contributed by atoms with E-state index in [4.69, 9.17) is 9.84 Å². The number of aromatic nitrogens is 3. The molecule has 3 heterocycles. The van der Waals surface area contributed by atoms with E-state index in [2.05, 4.69) is 10.3 Å². The van der Waals surface area contributed by atoms with Crippen molar-refractivity contribution < 1.29 is 22.7 Å². The van der Waals surface area contributed by atoms with Crippen molar-refractivity contribution in [1.82, 2.24) is 20.1 Å². The van der Waals surface area contributed by atoms with Gasteiger partial charge in [-0.15, -0.1) is 0 Å². The lowest BCUT2D eigenvalue weighted by Crippen LogP contribution is -2.31. The quantitative estimate of drug-likeness (QED) is 0.624. The normalized spacial score (nSPS) is 22.9. The van der Waals surface area contributed by atoms with Gasteiger partial charge < -0.3 is 10.1 Å². The summed E-state index contributed by atoms with van der Waals surface area (Å²) in [6.45, 7) is 0.999. The third kappa shape index (κ3) is 3.67. The Balaban J connectivity index is 1.43. The van der Waals surface area contributed by atoms with Gasteiger partial charge in [-0.25, -0.2) is 4.98 Å². The van der Waals surface area contributed by atoms with Crippen LogP contribution in [0.3, 0.4) is 0 Å². The number of benzene rings is 1. The third-order valence-corrected chi connectivity index (χ3v) is 6.27. The Kier molecular flexibility index (Phi) is 4.73. The minimum Gasteiger partial charge on any atom is -0.496 e. The van der Waals surface area contributed by atoms with Crippen molar-refractivity contribution in [2.24, 2.45) is 5.92 Å². The molecule has 0 spiro atoms. The molecule has 2 bridgehead atoms. The molecule has 1 saturated heterocycles. The number of ketones is 1. The number of nitrogens with one attached hydrogen (secondary N) is 1. The number of nitrogens with zero attached hydrogens (tertiary/aromatic N) is 3. The summed E-state index contributed by atoms with van der Waals surface area (Å²) in [7, 11) is 1.50. The second-order valence-corrected chi connectivity index (χ2v) is 8.24. The molecule has 3 aromatic rings. The number of carbonyl (C=O) groups is 1. The molecule has 1 aliphatic carbocycles. The first-order chi connectivity index (χ1) is 14.8. The topological polar surface area (TPSA) is 69.0 Å². The van der Waals surface area contributed by atoms with Gasteiger partial charge in [0.05, 0.1) is 18.7 Å². The van der Waals surface area contributed by atoms with E-state index in [0.29, 0.717) is 29.3 Å². The number of alkyl halides is 3. The van der Waals surface area contributed by atoms with E-state index in [1.807, 2.05) is 16.9 Å². The molecule has 2 fully saturated rings. The van der Waals surface area contributed by atoms with E-state index in [0.717, 1.165) is 36.4 Å². The first kappa shape index (κ1) is 20.0. The molecule has 0 radical (unpaired) electrons. The number of ether oxygens (including phenoxy) is 1. The second kappa shape index (κ2) is 7.33. The fourth-order valence-electron chi connectivity index (χ4n) is 4.76. The van der Waals surface area contributed by atoms with Crippen LogP contribution in [0.2, 0.25) is 0 Å². The zero-order chi connectivity index (χ0) is 21.8. The van der Waals surface area contributed by atoms with Crippen LogP contribution in [-0.2, 0) is 12.6 Å². The van der Waals surface area contributed by atoms with Gasteiger partial charge in [-0.1, -0.05) is 6.07 Å². The Morgan fingerprint density at radius 1 is 1.29 bits per heavy atom. The summed E-state index contributed by atoms with van der Waals surface area (Å²) in [5, 5.41) is 9.09. The Labute approximate surface area is 176 Å². The fourth-order valence-corrected chi connectivity index (χ4v) is 4.76. The molecule has 9 heteroatoms. The van der Waals surface area contributed by atoms with Crippen LogP contribution in [-0.4, -0.2) is 40.2 Å². The lowest BCUT2D eigenvalue weighted by atomic mass is 10.0. The monoisotopic (exact) mass is 430 g/mol. The zero-order valence-electron chi connectivity index (χ0n) is 16.8. The van der Waals surface area contributed by atoms with Crippen molar-refractivity contribution >= 4 is 16.7 Å². The molecule has 0 amide bonds. The van der Waals surface area contributed by atoms with Crippen LogP contribution in [0.5, 0.6) is 5.75 Å². The van der Waals surface area contributed by atoms with Crippen LogP contribution >= 0.6 is 0 Å². The first-order valence-electron chi connectivity index (χ1n) is 10.2. The Hall–Kier alpha value is -2.94. The molecule has 31 heavy (non-hydrogen) atoms. The average Bonchev–Trinajstić information content (AvgIpc) is 3.47. The van der Waals surface area contributed by atoms with E-state index in [1.54, 1.807) is 6.07 Å². The number of fused-ring (bicyclic) bond motifs is 3. The molecule has 6 nitrogen and oxygen atoms in total. The molecule has 0 unspecified atom stereocenters. The summed E-state index contributed by atoms with van der Waals surface area (Å²) in [6.07, 6.45) is -0.528. The van der Waals surface area contributed by atoms with Crippen LogP contribution in [0.4, 0.5) is 13.2 Å². The molecule has 3 atom stereocenters. The molecule has 1 aromatic carbocycles. The van der Waals surface area contributed by atoms with Crippen LogP contribution in [0, 0.1) is 5.92 Å². The number of hydrogen-bond donors (Lipinski definition) is 1. The standard InChI is InChI=1S/C22H21F3N4O2/c1-31-20-9-17-14(11-29(28-17)18-8-15-6-13(18)10-26-15)5-12(20)7-19(30)16-3-2-4-21(27-16)22(23,24)25/h2-5,9,11,13,15,18,26H,6-8,10H2,1H3/t13-,15-,18-/m0/s1. The third-order valence-electron chi connectivity index (χ3n) is 6.27. The molecule has 1 saturated carbocycles. The number of hydrogen-bond acceptors (Lipinski definition) is 5. The number of carbonyl (C=O) groups excluding carboxylic acids is 1. The molecule has 162 valence electrons. The number of Topliss-reactive ketones (excluding diaryl/α,β-unsaturated/α-hetero) is 1. The van der Waals surface area contributed by atoms with E-state index >= 15 is 0 Å². The Morgan fingerprint density at radius 2 is 2.13 bits per heavy atom. The van der Waals surface area contributed by atoms with Crippen LogP contribution in [0.15, 0.2) is 36.5 Å². The maximum Gasteiger partial charge on any atom is 0.433 e. The van der Waals surface area contributed by atoms with E-state index < -0.39 is 17.7 Å². The highest BCUT2D eigenvalue weighted by Gasteiger charge is 2.40. The maximum atomic E-state index is 12.9. The Morgan fingerprint density at radius 3 is 2.81 bits per heavy atom. The van der Waals surface area contributed by atoms with Gasteiger partial charge in [0.25, 0.3) is 0 Å². The highest BCUT2D eigenvalue weighted by atomic mass is 19.4. The number of rotatable bonds is 5. The average molecular weight is 430 g/mol. The fraction of sp³-hybridized carbons (Fsp3) is 0.409. The first-order valence-corrected chi connectivity index (χ1v) is 10.2. The summed E-state index contributed by atoms with van der Waals surface area (Å²) in [5.41, 5.74) is 0.0545. The van der Waals surface area contributed by atoms with Crippen molar-refractivity contribution in [2.45, 2.75) is 37.5 Å². The van der Waals surface area contributed by atoms with Gasteiger partial charge in [0.15, 0.2) is 5.78 Å². The molecule has 5 rings (SSSR count). The predicted octanol–water partition coefficient (Wildman–Crippen LogP) is 3.81. The summed E-state index contributed by atoms with van der Waals surface area (Å²) in [6, 6.07) is 7.84. The van der Waals surface area contributed by atoms with Crippen molar-refractivity contribution in [1.29, 1.82) is 0 Å². The summed E-state index contributed by atoms with van der Waals surface area (Å²) in [4.78, 5) is 16.2. The lowest BCUT2D eigenvalue weighted by Gasteiger charge is -2.22. The van der Waals surface area contributed by atoms with E-state index in [9.17, 15) is 18.0 Å². The smallest absolute Gasteiger partial charge is 0.433 e. The van der Waals surface area contributed by atoms with Crippen molar-refractivity contribution in [3.63, 3.8) is 0 Å². The molecular formula is C22H21F3N4O2. The lowest BCUT2D eigenvalue weighted by molar-refractivity contribution is -0.141. The summed E-state index contributed by atoms with van der Waals surface area (Å²) in [5.74, 6) is 0.539. The van der Waals surface area contributed by atoms with Crippen molar-refractivity contribution in [2.75, 3.05) is 13.7 Å². The maximum absolute atomic E-state index is 12.9. The van der Waals surface area contributed by atoms with Gasteiger partial charge in [-0.2, -0.15) is 18.3 Å². The highest BCUT2D eigenvalue weighted by molar-refractivity contribution is 5.97. The predicted molar refractivity (Wildman–Crippen MR) is 107 cm³/mol. The molecule has 2 aliphatic rings. The second-order valence-electron chi connectivity index (χ2n) is 8.24. The van der Waals surface area contributed by atoms with Gasteiger partial charge in [-0.3, -0.25) is 9.48 Å². The molecule has 2 aromatic heterocycles. The number of piperidine rings is 1. The van der Waals surface area contributed by atoms with Crippen LogP contribution in [0.1, 0.15) is 40.6 Å².